The monoisotopic (exact) mass is 302 g/mol. The van der Waals surface area contributed by atoms with Crippen LogP contribution in [0, 0.1) is 5.92 Å². The molecule has 1 heterocycles. The Hall–Kier alpha value is -2.14. The van der Waals surface area contributed by atoms with Crippen molar-refractivity contribution in [2.75, 3.05) is 14.2 Å². The number of fused-ring (bicyclic) bond motifs is 1. The number of nitrogens with zero attached hydrogens (tertiary/aromatic N) is 2. The number of hydrogen-bond acceptors (Lipinski definition) is 3. The molecule has 1 aromatic heterocycles. The Morgan fingerprint density at radius 1 is 1.32 bits per heavy atom. The molecule has 22 heavy (non-hydrogen) atoms. The van der Waals surface area contributed by atoms with Crippen molar-refractivity contribution in [1.82, 2.24) is 9.63 Å². The third kappa shape index (κ3) is 3.20. The van der Waals surface area contributed by atoms with Crippen LogP contribution in [-0.2, 0) is 11.4 Å². The fraction of sp³-hybridized carbons (Fsp3) is 0.412. The van der Waals surface area contributed by atoms with Crippen LogP contribution in [0.4, 0.5) is 0 Å². The minimum atomic E-state index is -0.325. The maximum atomic E-state index is 12.7. The smallest absolute Gasteiger partial charge is 0.293 e. The lowest BCUT2D eigenvalue weighted by atomic mass is 10.1. The first-order chi connectivity index (χ1) is 10.5. The van der Waals surface area contributed by atoms with Gasteiger partial charge in [-0.15, -0.1) is 0 Å². The zero-order valence-corrected chi connectivity index (χ0v) is 13.5. The molecule has 5 heteroatoms. The first kappa shape index (κ1) is 16.2. The average Bonchev–Trinajstić information content (AvgIpc) is 2.52. The summed E-state index contributed by atoms with van der Waals surface area (Å²) in [5, 5.41) is 2.53. The van der Waals surface area contributed by atoms with Gasteiger partial charge in [0.25, 0.3) is 11.5 Å². The molecule has 0 aliphatic carbocycles. The second-order valence-corrected chi connectivity index (χ2v) is 5.74. The quantitative estimate of drug-likeness (QED) is 0.798. The highest BCUT2D eigenvalue weighted by Crippen LogP contribution is 2.15. The van der Waals surface area contributed by atoms with Crippen LogP contribution in [0.15, 0.2) is 35.1 Å². The normalized spacial score (nSPS) is 11.1. The summed E-state index contributed by atoms with van der Waals surface area (Å²) in [7, 11) is 2.96. The molecule has 0 saturated carbocycles. The second-order valence-electron chi connectivity index (χ2n) is 5.74. The van der Waals surface area contributed by atoms with E-state index in [1.165, 1.54) is 14.2 Å². The van der Waals surface area contributed by atoms with Crippen LogP contribution in [0.5, 0.6) is 0 Å². The van der Waals surface area contributed by atoms with Gasteiger partial charge >= 0.3 is 0 Å². The first-order valence-corrected chi connectivity index (χ1v) is 7.40. The Kier molecular flexibility index (Phi) is 4.98. The molecule has 0 atom stereocenters. The summed E-state index contributed by atoms with van der Waals surface area (Å²) in [6.45, 7) is 4.70. The molecule has 5 nitrogen and oxygen atoms in total. The van der Waals surface area contributed by atoms with Gasteiger partial charge in [0.05, 0.1) is 7.11 Å². The lowest BCUT2D eigenvalue weighted by Crippen LogP contribution is -2.33. The molecule has 0 N–H and O–H groups in total. The van der Waals surface area contributed by atoms with Crippen LogP contribution in [0.1, 0.15) is 30.8 Å². The van der Waals surface area contributed by atoms with E-state index in [2.05, 4.69) is 13.8 Å². The number of hydroxylamine groups is 2. The molecule has 2 rings (SSSR count). The highest BCUT2D eigenvalue weighted by atomic mass is 16.7. The fourth-order valence-corrected chi connectivity index (χ4v) is 2.33. The van der Waals surface area contributed by atoms with E-state index in [0.717, 1.165) is 16.9 Å². The Balaban J connectivity index is 2.62. The number of pyridine rings is 1. The molecule has 0 aliphatic heterocycles. The van der Waals surface area contributed by atoms with E-state index in [0.29, 0.717) is 23.5 Å². The molecular weight excluding hydrogens is 280 g/mol. The zero-order chi connectivity index (χ0) is 16.3. The predicted octanol–water partition coefficient (Wildman–Crippen LogP) is 2.68. The molecule has 0 fully saturated rings. The highest BCUT2D eigenvalue weighted by Gasteiger charge is 2.19. The van der Waals surface area contributed by atoms with E-state index in [9.17, 15) is 9.59 Å². The number of benzene rings is 1. The number of amides is 1. The van der Waals surface area contributed by atoms with E-state index >= 15 is 0 Å². The van der Waals surface area contributed by atoms with E-state index in [-0.39, 0.29) is 11.5 Å². The summed E-state index contributed by atoms with van der Waals surface area (Å²) in [4.78, 5) is 30.2. The molecule has 0 saturated heterocycles. The Bertz CT molecular complexity index is 734. The van der Waals surface area contributed by atoms with Crippen molar-refractivity contribution in [3.63, 3.8) is 0 Å². The molecule has 2 aromatic rings. The second kappa shape index (κ2) is 6.75. The van der Waals surface area contributed by atoms with Gasteiger partial charge in [-0.05, 0) is 29.9 Å². The molecule has 0 bridgehead atoms. The summed E-state index contributed by atoms with van der Waals surface area (Å²) in [6, 6.07) is 9.08. The maximum Gasteiger partial charge on any atom is 0.293 e. The molecule has 1 amide bonds. The van der Waals surface area contributed by atoms with Gasteiger partial charge in [0.1, 0.15) is 5.69 Å². The molecule has 0 spiro atoms. The summed E-state index contributed by atoms with van der Waals surface area (Å²) in [6.07, 6.45) is 0.829. The van der Waals surface area contributed by atoms with Gasteiger partial charge in [-0.2, -0.15) is 0 Å². The number of hydrogen-bond donors (Lipinski definition) is 0. The van der Waals surface area contributed by atoms with Crippen molar-refractivity contribution in [2.45, 2.75) is 26.8 Å². The van der Waals surface area contributed by atoms with Gasteiger partial charge in [-0.3, -0.25) is 14.4 Å². The maximum absolute atomic E-state index is 12.7. The van der Waals surface area contributed by atoms with Crippen LogP contribution in [0.3, 0.4) is 0 Å². The summed E-state index contributed by atoms with van der Waals surface area (Å²) in [5.74, 6) is 0.121. The van der Waals surface area contributed by atoms with Crippen molar-refractivity contribution in [3.8, 4) is 0 Å². The van der Waals surface area contributed by atoms with Gasteiger partial charge in [0.2, 0.25) is 0 Å². The van der Waals surface area contributed by atoms with E-state index in [1.54, 1.807) is 16.7 Å². The number of carbonyl (C=O) groups is 1. The lowest BCUT2D eigenvalue weighted by Gasteiger charge is -2.19. The third-order valence-electron chi connectivity index (χ3n) is 3.73. The number of aromatic nitrogens is 1. The largest absolute Gasteiger partial charge is 0.303 e. The minimum absolute atomic E-state index is 0.133. The van der Waals surface area contributed by atoms with E-state index in [1.807, 2.05) is 18.2 Å². The van der Waals surface area contributed by atoms with E-state index in [4.69, 9.17) is 4.84 Å². The van der Waals surface area contributed by atoms with Crippen molar-refractivity contribution in [2.24, 2.45) is 5.92 Å². The van der Waals surface area contributed by atoms with Gasteiger partial charge in [-0.1, -0.05) is 32.0 Å². The highest BCUT2D eigenvalue weighted by molar-refractivity contribution is 5.96. The molecule has 0 aliphatic rings. The topological polar surface area (TPSA) is 51.5 Å². The van der Waals surface area contributed by atoms with Crippen molar-refractivity contribution < 1.29 is 9.63 Å². The fourth-order valence-electron chi connectivity index (χ4n) is 2.33. The van der Waals surface area contributed by atoms with Gasteiger partial charge in [0, 0.05) is 19.0 Å². The standard InChI is InChI=1S/C17H22N2O3/c1-12(2)9-10-19-15(17(21)18(3)22-4)11-13-7-5-6-8-14(13)16(19)20/h5-8,11-12H,9-10H2,1-4H3. The Morgan fingerprint density at radius 3 is 2.64 bits per heavy atom. The van der Waals surface area contributed by atoms with E-state index < -0.39 is 0 Å². The third-order valence-corrected chi connectivity index (χ3v) is 3.73. The van der Waals surface area contributed by atoms with Gasteiger partial charge < -0.3 is 4.57 Å². The van der Waals surface area contributed by atoms with Crippen LogP contribution in [0.2, 0.25) is 0 Å². The van der Waals surface area contributed by atoms with Gasteiger partial charge in [-0.25, -0.2) is 5.06 Å². The average molecular weight is 302 g/mol. The van der Waals surface area contributed by atoms with Gasteiger partial charge in [0.15, 0.2) is 0 Å². The Labute approximate surface area is 130 Å². The molecule has 1 aromatic carbocycles. The van der Waals surface area contributed by atoms with Crippen molar-refractivity contribution >= 4 is 16.7 Å². The van der Waals surface area contributed by atoms with Crippen LogP contribution >= 0.6 is 0 Å². The van der Waals surface area contributed by atoms with Crippen LogP contribution in [-0.4, -0.2) is 29.7 Å². The molecule has 118 valence electrons. The first-order valence-electron chi connectivity index (χ1n) is 7.40. The minimum Gasteiger partial charge on any atom is -0.303 e. The van der Waals surface area contributed by atoms with Crippen LogP contribution in [0.25, 0.3) is 10.8 Å². The lowest BCUT2D eigenvalue weighted by molar-refractivity contribution is -0.0763. The number of carbonyl (C=O) groups excluding carboxylic acids is 1. The Morgan fingerprint density at radius 2 is 2.00 bits per heavy atom. The molecule has 0 radical (unpaired) electrons. The number of rotatable bonds is 5. The predicted molar refractivity (Wildman–Crippen MR) is 86.8 cm³/mol. The van der Waals surface area contributed by atoms with Crippen molar-refractivity contribution in [1.29, 1.82) is 0 Å². The van der Waals surface area contributed by atoms with Crippen molar-refractivity contribution in [3.05, 3.63) is 46.4 Å². The molecular formula is C17H22N2O3. The van der Waals surface area contributed by atoms with Crippen LogP contribution < -0.4 is 5.56 Å². The summed E-state index contributed by atoms with van der Waals surface area (Å²) in [5.41, 5.74) is 0.223. The molecule has 0 unspecified atom stereocenters. The SMILES string of the molecule is CON(C)C(=O)c1cc2ccccc2c(=O)n1CCC(C)C. The zero-order valence-electron chi connectivity index (χ0n) is 13.5. The summed E-state index contributed by atoms with van der Waals surface area (Å²) >= 11 is 0. The summed E-state index contributed by atoms with van der Waals surface area (Å²) < 4.78 is 1.56.